The molecule has 0 aromatic heterocycles. The summed E-state index contributed by atoms with van der Waals surface area (Å²) < 4.78 is 10.8. The number of hydrogen-bond donors (Lipinski definition) is 1. The van der Waals surface area contributed by atoms with E-state index in [0.29, 0.717) is 0 Å². The van der Waals surface area contributed by atoms with Gasteiger partial charge in [0.2, 0.25) is 0 Å². The van der Waals surface area contributed by atoms with Crippen LogP contribution in [0.25, 0.3) is 0 Å². The molecule has 0 heterocycles. The molecule has 7 nitrogen and oxygen atoms in total. The first-order valence-electron chi connectivity index (χ1n) is 2.26. The van der Waals surface area contributed by atoms with Crippen LogP contribution in [0.15, 0.2) is 0 Å². The van der Waals surface area contributed by atoms with E-state index in [1.54, 1.807) is 0 Å². The number of carbonyl (C=O) groups excluding carboxylic acids is 2. The van der Waals surface area contributed by atoms with E-state index in [1.807, 2.05) is 0 Å². The van der Waals surface area contributed by atoms with E-state index in [4.69, 9.17) is 5.11 Å². The molecule has 62 valence electrons. The van der Waals surface area contributed by atoms with Gasteiger partial charge in [-0.2, -0.15) is 0 Å². The molecule has 0 fully saturated rings. The lowest BCUT2D eigenvalue weighted by Crippen LogP contribution is -2.16. The minimum absolute atomic E-state index is 0.955. The van der Waals surface area contributed by atoms with Crippen molar-refractivity contribution >= 4 is 18.5 Å². The van der Waals surface area contributed by atoms with E-state index < -0.39 is 18.5 Å². The van der Waals surface area contributed by atoms with Crippen molar-refractivity contribution in [2.75, 3.05) is 7.11 Å². The third kappa shape index (κ3) is 4.70. The topological polar surface area (TPSA) is 99.1 Å². The van der Waals surface area contributed by atoms with Crippen molar-refractivity contribution in [1.29, 1.82) is 0 Å². The first-order valence-corrected chi connectivity index (χ1v) is 2.26. The molecule has 1 N–H and O–H groups in total. The number of carbonyl (C=O) groups is 3. The van der Waals surface area contributed by atoms with Crippen LogP contribution in [0.4, 0.5) is 14.4 Å². The molecule has 0 unspecified atom stereocenters. The van der Waals surface area contributed by atoms with Crippen molar-refractivity contribution in [2.45, 2.75) is 0 Å². The zero-order chi connectivity index (χ0) is 8.85. The molecule has 7 heteroatoms. The third-order valence-corrected chi connectivity index (χ3v) is 0.504. The molecule has 0 saturated heterocycles. The Hall–Kier alpha value is -1.79. The lowest BCUT2D eigenvalue weighted by Gasteiger charge is -1.96. The smallest absolute Gasteiger partial charge is 0.449 e. The highest BCUT2D eigenvalue weighted by molar-refractivity contribution is 5.83. The molecule has 0 aliphatic carbocycles. The molecule has 0 bridgehead atoms. The fourth-order valence-corrected chi connectivity index (χ4v) is 0.202. The summed E-state index contributed by atoms with van der Waals surface area (Å²) in [6, 6.07) is 0. The number of rotatable bonds is 0. The summed E-state index contributed by atoms with van der Waals surface area (Å²) in [6.45, 7) is 0. The second kappa shape index (κ2) is 4.09. The van der Waals surface area contributed by atoms with Crippen LogP contribution in [0.3, 0.4) is 0 Å². The zero-order valence-corrected chi connectivity index (χ0v) is 5.40. The molecule has 0 amide bonds. The second-order valence-electron chi connectivity index (χ2n) is 1.17. The molecule has 0 aliphatic heterocycles. The summed E-state index contributed by atoms with van der Waals surface area (Å²) in [4.78, 5) is 29.8. The van der Waals surface area contributed by atoms with E-state index in [9.17, 15) is 14.4 Å². The van der Waals surface area contributed by atoms with Gasteiger partial charge in [-0.25, -0.2) is 14.4 Å². The molecule has 0 aromatic carbocycles. The van der Waals surface area contributed by atoms with Crippen LogP contribution in [0.2, 0.25) is 0 Å². The fraction of sp³-hybridized carbons (Fsp3) is 0.250. The normalized spacial score (nSPS) is 8.09. The third-order valence-electron chi connectivity index (χ3n) is 0.504. The van der Waals surface area contributed by atoms with E-state index in [0.717, 1.165) is 7.11 Å². The van der Waals surface area contributed by atoms with Gasteiger partial charge in [0, 0.05) is 0 Å². The predicted octanol–water partition coefficient (Wildman–Crippen LogP) is 0.584. The van der Waals surface area contributed by atoms with Gasteiger partial charge in [0.1, 0.15) is 0 Å². The van der Waals surface area contributed by atoms with E-state index >= 15 is 0 Å². The van der Waals surface area contributed by atoms with Crippen LogP contribution in [0.5, 0.6) is 0 Å². The van der Waals surface area contributed by atoms with Crippen molar-refractivity contribution in [3.8, 4) is 0 Å². The Morgan fingerprint density at radius 2 is 1.64 bits per heavy atom. The molecular weight excluding hydrogens is 160 g/mol. The maximum Gasteiger partial charge on any atom is 0.528 e. The molecule has 11 heavy (non-hydrogen) atoms. The van der Waals surface area contributed by atoms with Gasteiger partial charge in [-0.3, -0.25) is 0 Å². The number of hydrogen-bond acceptors (Lipinski definition) is 6. The first kappa shape index (κ1) is 9.21. The van der Waals surface area contributed by atoms with Crippen LogP contribution in [0, 0.1) is 0 Å². The maximum atomic E-state index is 10.1. The van der Waals surface area contributed by atoms with Crippen LogP contribution in [-0.4, -0.2) is 30.7 Å². The van der Waals surface area contributed by atoms with Gasteiger partial charge in [0.15, 0.2) is 0 Å². The number of methoxy groups -OCH3 is 1. The minimum Gasteiger partial charge on any atom is -0.449 e. The summed E-state index contributed by atoms with van der Waals surface area (Å²) in [5, 5.41) is 7.79. The SMILES string of the molecule is COC(=O)OC(=O)OC(=O)O. The highest BCUT2D eigenvalue weighted by Crippen LogP contribution is 1.88. The Balaban J connectivity index is 3.70. The molecule has 0 aromatic rings. The maximum absolute atomic E-state index is 10.1. The molecular formula is C4H4O7. The Labute approximate surface area is 60.5 Å². The van der Waals surface area contributed by atoms with Gasteiger partial charge in [0.25, 0.3) is 0 Å². The first-order chi connectivity index (χ1) is 5.06. The highest BCUT2D eigenvalue weighted by atomic mass is 16.8. The summed E-state index contributed by atoms with van der Waals surface area (Å²) >= 11 is 0. The average Bonchev–Trinajstić information content (AvgIpc) is 1.85. The summed E-state index contributed by atoms with van der Waals surface area (Å²) in [5.41, 5.74) is 0. The van der Waals surface area contributed by atoms with E-state index in [2.05, 4.69) is 14.2 Å². The van der Waals surface area contributed by atoms with Crippen molar-refractivity contribution in [2.24, 2.45) is 0 Å². The summed E-state index contributed by atoms with van der Waals surface area (Å²) in [6.07, 6.45) is -4.85. The minimum atomic E-state index is -1.86. The van der Waals surface area contributed by atoms with Gasteiger partial charge in [0.05, 0.1) is 7.11 Å². The largest absolute Gasteiger partial charge is 0.528 e. The van der Waals surface area contributed by atoms with Gasteiger partial charge in [-0.05, 0) is 0 Å². The van der Waals surface area contributed by atoms with E-state index in [-0.39, 0.29) is 0 Å². The molecule has 0 spiro atoms. The summed E-state index contributed by atoms with van der Waals surface area (Å²) in [5.74, 6) is 0. The van der Waals surface area contributed by atoms with Gasteiger partial charge in [-0.1, -0.05) is 0 Å². The Kier molecular flexibility index (Phi) is 3.43. The van der Waals surface area contributed by atoms with Crippen molar-refractivity contribution < 1.29 is 33.7 Å². The van der Waals surface area contributed by atoms with Gasteiger partial charge < -0.3 is 19.3 Å². The number of carboxylic acid groups (broad SMARTS) is 1. The molecule has 0 aliphatic rings. The Morgan fingerprint density at radius 3 is 2.00 bits per heavy atom. The zero-order valence-electron chi connectivity index (χ0n) is 5.40. The lowest BCUT2D eigenvalue weighted by molar-refractivity contribution is 0.0473. The quantitative estimate of drug-likeness (QED) is 0.412. The van der Waals surface area contributed by atoms with Crippen molar-refractivity contribution in [3.63, 3.8) is 0 Å². The Bertz CT molecular complexity index is 183. The molecule has 0 radical (unpaired) electrons. The summed E-state index contributed by atoms with van der Waals surface area (Å²) in [7, 11) is 0.955. The lowest BCUT2D eigenvalue weighted by atomic mass is 11.2. The molecule has 0 atom stereocenters. The van der Waals surface area contributed by atoms with Crippen molar-refractivity contribution in [1.82, 2.24) is 0 Å². The highest BCUT2D eigenvalue weighted by Gasteiger charge is 2.14. The van der Waals surface area contributed by atoms with Crippen LogP contribution in [-0.2, 0) is 14.2 Å². The van der Waals surface area contributed by atoms with Gasteiger partial charge in [-0.15, -0.1) is 0 Å². The fourth-order valence-electron chi connectivity index (χ4n) is 0.202. The standard InChI is InChI=1S/C4H4O7/c1-9-3(7)11-4(8)10-2(5)6/h1H3,(H,5,6). The predicted molar refractivity (Wildman–Crippen MR) is 28.0 cm³/mol. The Morgan fingerprint density at radius 1 is 1.09 bits per heavy atom. The van der Waals surface area contributed by atoms with E-state index in [1.165, 1.54) is 0 Å². The molecule has 0 rings (SSSR count). The number of ether oxygens (including phenoxy) is 3. The molecule has 0 saturated carbocycles. The van der Waals surface area contributed by atoms with Gasteiger partial charge >= 0.3 is 18.5 Å². The van der Waals surface area contributed by atoms with Crippen LogP contribution in [0.1, 0.15) is 0 Å². The van der Waals surface area contributed by atoms with Crippen molar-refractivity contribution in [3.05, 3.63) is 0 Å². The second-order valence-corrected chi connectivity index (χ2v) is 1.17. The monoisotopic (exact) mass is 164 g/mol. The van der Waals surface area contributed by atoms with Crippen LogP contribution >= 0.6 is 0 Å². The van der Waals surface area contributed by atoms with Crippen LogP contribution < -0.4 is 0 Å². The average molecular weight is 164 g/mol.